The van der Waals surface area contributed by atoms with Crippen molar-refractivity contribution in [3.63, 3.8) is 0 Å². The monoisotopic (exact) mass is 245 g/mol. The highest BCUT2D eigenvalue weighted by atomic mass is 32.2. The Balaban J connectivity index is 2.46. The summed E-state index contributed by atoms with van der Waals surface area (Å²) in [5, 5.41) is 15.0. The second-order valence-corrected chi connectivity index (χ2v) is 4.41. The Labute approximate surface area is 100 Å². The van der Waals surface area contributed by atoms with E-state index in [0.29, 0.717) is 6.61 Å². The maximum Gasteiger partial charge on any atom is 0.167 e. The SMILES string of the molecule is COCCNC(C)c1nnnn1CCSC. The number of aryl methyl sites for hydroxylation is 1. The summed E-state index contributed by atoms with van der Waals surface area (Å²) in [5.74, 6) is 1.90. The molecule has 1 unspecified atom stereocenters. The van der Waals surface area contributed by atoms with Gasteiger partial charge in [0.15, 0.2) is 5.82 Å². The Morgan fingerprint density at radius 3 is 3.06 bits per heavy atom. The molecule has 1 atom stereocenters. The molecule has 0 fully saturated rings. The summed E-state index contributed by atoms with van der Waals surface area (Å²) in [6.07, 6.45) is 2.07. The molecule has 7 heteroatoms. The molecule has 1 aromatic heterocycles. The van der Waals surface area contributed by atoms with E-state index in [-0.39, 0.29) is 6.04 Å². The highest BCUT2D eigenvalue weighted by Crippen LogP contribution is 2.07. The van der Waals surface area contributed by atoms with Crippen molar-refractivity contribution in [2.24, 2.45) is 0 Å². The van der Waals surface area contributed by atoms with Crippen molar-refractivity contribution in [1.29, 1.82) is 0 Å². The van der Waals surface area contributed by atoms with E-state index in [9.17, 15) is 0 Å². The van der Waals surface area contributed by atoms with Crippen LogP contribution in [-0.2, 0) is 11.3 Å². The Morgan fingerprint density at radius 2 is 2.38 bits per heavy atom. The summed E-state index contributed by atoms with van der Waals surface area (Å²) < 4.78 is 6.83. The molecule has 0 saturated heterocycles. The standard InChI is InChI=1S/C9H19N5OS/c1-8(10-4-6-15-2)9-11-12-13-14(9)5-7-16-3/h8,10H,4-7H2,1-3H3. The molecule has 0 bridgehead atoms. The molecule has 0 aliphatic carbocycles. The van der Waals surface area contributed by atoms with E-state index in [1.807, 2.05) is 4.68 Å². The third-order valence-electron chi connectivity index (χ3n) is 2.21. The van der Waals surface area contributed by atoms with Gasteiger partial charge in [-0.2, -0.15) is 11.8 Å². The van der Waals surface area contributed by atoms with E-state index in [1.54, 1.807) is 18.9 Å². The normalized spacial score (nSPS) is 12.9. The molecule has 1 heterocycles. The molecular formula is C9H19N5OS. The first-order valence-corrected chi connectivity index (χ1v) is 6.66. The van der Waals surface area contributed by atoms with Gasteiger partial charge in [0.25, 0.3) is 0 Å². The molecule has 1 rings (SSSR count). The van der Waals surface area contributed by atoms with Gasteiger partial charge in [-0.15, -0.1) is 5.10 Å². The number of hydrogen-bond donors (Lipinski definition) is 1. The fraction of sp³-hybridized carbons (Fsp3) is 0.889. The topological polar surface area (TPSA) is 64.9 Å². The third-order valence-corrected chi connectivity index (χ3v) is 2.80. The van der Waals surface area contributed by atoms with Crippen molar-refractivity contribution in [3.8, 4) is 0 Å². The van der Waals surface area contributed by atoms with E-state index in [2.05, 4.69) is 34.0 Å². The second-order valence-electron chi connectivity index (χ2n) is 3.42. The quantitative estimate of drug-likeness (QED) is 0.666. The minimum atomic E-state index is 0.145. The lowest BCUT2D eigenvalue weighted by Crippen LogP contribution is -2.26. The van der Waals surface area contributed by atoms with Crippen LogP contribution in [-0.4, -0.2) is 52.5 Å². The first-order valence-electron chi connectivity index (χ1n) is 5.27. The van der Waals surface area contributed by atoms with E-state index in [4.69, 9.17) is 4.74 Å². The number of tetrazole rings is 1. The zero-order valence-corrected chi connectivity index (χ0v) is 10.8. The van der Waals surface area contributed by atoms with Crippen molar-refractivity contribution in [2.45, 2.75) is 19.5 Å². The molecule has 0 aromatic carbocycles. The maximum absolute atomic E-state index is 4.98. The molecule has 0 spiro atoms. The highest BCUT2D eigenvalue weighted by Gasteiger charge is 2.13. The smallest absolute Gasteiger partial charge is 0.167 e. The largest absolute Gasteiger partial charge is 0.383 e. The zero-order chi connectivity index (χ0) is 11.8. The van der Waals surface area contributed by atoms with Gasteiger partial charge in [-0.1, -0.05) is 0 Å². The van der Waals surface area contributed by atoms with Crippen molar-refractivity contribution < 1.29 is 4.74 Å². The van der Waals surface area contributed by atoms with E-state index >= 15 is 0 Å². The van der Waals surface area contributed by atoms with Gasteiger partial charge in [0.2, 0.25) is 0 Å². The highest BCUT2D eigenvalue weighted by molar-refractivity contribution is 7.98. The summed E-state index contributed by atoms with van der Waals surface area (Å²) in [5.41, 5.74) is 0. The van der Waals surface area contributed by atoms with Crippen molar-refractivity contribution in [2.75, 3.05) is 32.3 Å². The van der Waals surface area contributed by atoms with Crippen molar-refractivity contribution >= 4 is 11.8 Å². The number of thioether (sulfide) groups is 1. The Kier molecular flexibility index (Phi) is 6.36. The predicted octanol–water partition coefficient (Wildman–Crippen LogP) is 0.333. The zero-order valence-electron chi connectivity index (χ0n) is 10.0. The van der Waals surface area contributed by atoms with Crippen LogP contribution in [0, 0.1) is 0 Å². The first-order chi connectivity index (χ1) is 7.79. The molecule has 0 aliphatic heterocycles. The van der Waals surface area contributed by atoms with Crippen LogP contribution in [0.3, 0.4) is 0 Å². The number of aromatic nitrogens is 4. The summed E-state index contributed by atoms with van der Waals surface area (Å²) in [7, 11) is 1.69. The van der Waals surface area contributed by atoms with Gasteiger partial charge < -0.3 is 10.1 Å². The van der Waals surface area contributed by atoms with Gasteiger partial charge >= 0.3 is 0 Å². The number of hydrogen-bond acceptors (Lipinski definition) is 6. The first kappa shape index (κ1) is 13.4. The molecule has 6 nitrogen and oxygen atoms in total. The number of ether oxygens (including phenoxy) is 1. The molecule has 1 N–H and O–H groups in total. The van der Waals surface area contributed by atoms with Gasteiger partial charge in [-0.05, 0) is 23.6 Å². The van der Waals surface area contributed by atoms with Crippen LogP contribution in [0.15, 0.2) is 0 Å². The van der Waals surface area contributed by atoms with Crippen LogP contribution in [0.5, 0.6) is 0 Å². The van der Waals surface area contributed by atoms with Crippen LogP contribution in [0.1, 0.15) is 18.8 Å². The minimum Gasteiger partial charge on any atom is -0.383 e. The molecule has 16 heavy (non-hydrogen) atoms. The van der Waals surface area contributed by atoms with Gasteiger partial charge in [-0.3, -0.25) is 0 Å². The summed E-state index contributed by atoms with van der Waals surface area (Å²) >= 11 is 1.78. The molecular weight excluding hydrogens is 226 g/mol. The molecule has 0 amide bonds. The van der Waals surface area contributed by atoms with Gasteiger partial charge in [0.1, 0.15) is 0 Å². The number of rotatable bonds is 8. The van der Waals surface area contributed by atoms with E-state index in [1.165, 1.54) is 0 Å². The van der Waals surface area contributed by atoms with Gasteiger partial charge in [0.05, 0.1) is 19.2 Å². The summed E-state index contributed by atoms with van der Waals surface area (Å²) in [4.78, 5) is 0. The molecule has 1 aromatic rings. The molecule has 0 radical (unpaired) electrons. The Morgan fingerprint density at radius 1 is 1.56 bits per heavy atom. The maximum atomic E-state index is 4.98. The second kappa shape index (κ2) is 7.59. The minimum absolute atomic E-state index is 0.145. The summed E-state index contributed by atoms with van der Waals surface area (Å²) in [6.45, 7) is 4.39. The fourth-order valence-electron chi connectivity index (χ4n) is 1.33. The van der Waals surface area contributed by atoms with E-state index < -0.39 is 0 Å². The third kappa shape index (κ3) is 4.07. The number of methoxy groups -OCH3 is 1. The lowest BCUT2D eigenvalue weighted by molar-refractivity contribution is 0.196. The van der Waals surface area contributed by atoms with Gasteiger partial charge in [0, 0.05) is 19.4 Å². The summed E-state index contributed by atoms with van der Waals surface area (Å²) in [6, 6.07) is 0.145. The average Bonchev–Trinajstić information content (AvgIpc) is 2.74. The molecule has 92 valence electrons. The molecule has 0 saturated carbocycles. The number of nitrogens with zero attached hydrogens (tertiary/aromatic N) is 4. The van der Waals surface area contributed by atoms with Crippen LogP contribution in [0.2, 0.25) is 0 Å². The van der Waals surface area contributed by atoms with Crippen LogP contribution < -0.4 is 5.32 Å². The lowest BCUT2D eigenvalue weighted by Gasteiger charge is -2.12. The molecule has 0 aliphatic rings. The fourth-order valence-corrected chi connectivity index (χ4v) is 1.68. The van der Waals surface area contributed by atoms with E-state index in [0.717, 1.165) is 24.7 Å². The lowest BCUT2D eigenvalue weighted by atomic mass is 10.3. The predicted molar refractivity (Wildman–Crippen MR) is 64.5 cm³/mol. The Bertz CT molecular complexity index is 293. The van der Waals surface area contributed by atoms with Crippen molar-refractivity contribution in [3.05, 3.63) is 5.82 Å². The van der Waals surface area contributed by atoms with Crippen molar-refractivity contribution in [1.82, 2.24) is 25.5 Å². The van der Waals surface area contributed by atoms with Crippen LogP contribution in [0.25, 0.3) is 0 Å². The number of nitrogens with one attached hydrogen (secondary N) is 1. The average molecular weight is 245 g/mol. The van der Waals surface area contributed by atoms with Crippen LogP contribution in [0.4, 0.5) is 0 Å². The Hall–Kier alpha value is -0.660. The van der Waals surface area contributed by atoms with Crippen LogP contribution >= 0.6 is 11.8 Å². The van der Waals surface area contributed by atoms with Gasteiger partial charge in [-0.25, -0.2) is 4.68 Å².